The highest BCUT2D eigenvalue weighted by molar-refractivity contribution is 7.89. The average Bonchev–Trinajstić information content (AvgIpc) is 2.49. The van der Waals surface area contributed by atoms with Gasteiger partial charge < -0.3 is 5.11 Å². The molecule has 2 aromatic carbocycles. The second-order valence-corrected chi connectivity index (χ2v) is 5.57. The van der Waals surface area contributed by atoms with Gasteiger partial charge in [-0.05, 0) is 24.6 Å². The Hall–Kier alpha value is -1.71. The molecule has 0 aromatic heterocycles. The van der Waals surface area contributed by atoms with E-state index in [1.807, 2.05) is 48.5 Å². The van der Waals surface area contributed by atoms with Gasteiger partial charge in [0.15, 0.2) is 0 Å². The number of hydrogen-bond acceptors (Lipinski definition) is 2. The van der Waals surface area contributed by atoms with Crippen molar-refractivity contribution in [2.75, 3.05) is 0 Å². The maximum Gasteiger partial charge on any atom is 0.112 e. The molecule has 0 saturated carbocycles. The molecule has 0 aliphatic heterocycles. The molecule has 0 bridgehead atoms. The van der Waals surface area contributed by atoms with E-state index < -0.39 is 16.9 Å². The second kappa shape index (κ2) is 6.45. The predicted molar refractivity (Wildman–Crippen MR) is 78.0 cm³/mol. The predicted octanol–water partition coefficient (Wildman–Crippen LogP) is 3.43. The summed E-state index contributed by atoms with van der Waals surface area (Å²) in [7, 11) is -1.34. The van der Waals surface area contributed by atoms with Crippen LogP contribution in [0.25, 0.3) is 0 Å². The van der Waals surface area contributed by atoms with Gasteiger partial charge in [0, 0.05) is 9.80 Å². The van der Waals surface area contributed by atoms with Crippen LogP contribution in [-0.2, 0) is 10.8 Å². The Bertz CT molecular complexity index is 576. The number of rotatable bonds is 4. The quantitative estimate of drug-likeness (QED) is 0.926. The number of hydrogen-bond donors (Lipinski definition) is 1. The summed E-state index contributed by atoms with van der Waals surface area (Å²) in [5.74, 6) is 0. The minimum Gasteiger partial charge on any atom is -0.383 e. The molecule has 2 rings (SSSR count). The van der Waals surface area contributed by atoms with E-state index in [0.29, 0.717) is 9.80 Å². The zero-order chi connectivity index (χ0) is 13.7. The van der Waals surface area contributed by atoms with Crippen molar-refractivity contribution in [3.05, 3.63) is 77.2 Å². The highest BCUT2D eigenvalue weighted by atomic mass is 32.2. The third kappa shape index (κ3) is 3.19. The van der Waals surface area contributed by atoms with Crippen LogP contribution in [0.3, 0.4) is 0 Å². The summed E-state index contributed by atoms with van der Waals surface area (Å²) in [5, 5.41) is 10.4. The van der Waals surface area contributed by atoms with Crippen molar-refractivity contribution in [3.8, 4) is 0 Å². The van der Waals surface area contributed by atoms with Gasteiger partial charge >= 0.3 is 0 Å². The van der Waals surface area contributed by atoms with E-state index in [2.05, 4.69) is 0 Å². The molecule has 0 spiro atoms. The Morgan fingerprint density at radius 2 is 1.58 bits per heavy atom. The molecule has 0 fully saturated rings. The summed E-state index contributed by atoms with van der Waals surface area (Å²) < 4.78 is 12.5. The summed E-state index contributed by atoms with van der Waals surface area (Å²) in [6, 6.07) is 18.4. The number of allylic oxidation sites excluding steroid dienone is 1. The first-order chi connectivity index (χ1) is 9.24. The standard InChI is InChI=1S/C16H16O2S/c1-2-15(16(17)13-9-5-3-6-10-13)19(18)14-11-7-4-8-12-14/h2-12,16-17H,1H3/b15-2+. The fourth-order valence-corrected chi connectivity index (χ4v) is 3.08. The van der Waals surface area contributed by atoms with Crippen LogP contribution in [0, 0.1) is 0 Å². The fraction of sp³-hybridized carbons (Fsp3) is 0.125. The first-order valence-corrected chi connectivity index (χ1v) is 7.25. The van der Waals surface area contributed by atoms with Gasteiger partial charge in [0.05, 0.1) is 10.8 Å². The molecule has 98 valence electrons. The Morgan fingerprint density at radius 1 is 1.05 bits per heavy atom. The maximum absolute atomic E-state index is 12.5. The highest BCUT2D eigenvalue weighted by Crippen LogP contribution is 2.27. The van der Waals surface area contributed by atoms with Gasteiger partial charge in [-0.1, -0.05) is 54.6 Å². The van der Waals surface area contributed by atoms with Gasteiger partial charge in [0.2, 0.25) is 0 Å². The summed E-state index contributed by atoms with van der Waals surface area (Å²) in [6.07, 6.45) is 0.882. The summed E-state index contributed by atoms with van der Waals surface area (Å²) in [5.41, 5.74) is 0.750. The molecule has 2 aromatic rings. The molecule has 0 amide bonds. The van der Waals surface area contributed by atoms with Crippen LogP contribution in [0.15, 0.2) is 76.5 Å². The van der Waals surface area contributed by atoms with E-state index in [1.54, 1.807) is 25.1 Å². The van der Waals surface area contributed by atoms with Gasteiger partial charge in [-0.25, -0.2) is 4.21 Å². The van der Waals surface area contributed by atoms with Crippen molar-refractivity contribution in [3.63, 3.8) is 0 Å². The van der Waals surface area contributed by atoms with Crippen molar-refractivity contribution < 1.29 is 9.32 Å². The molecule has 0 saturated heterocycles. The topological polar surface area (TPSA) is 37.3 Å². The van der Waals surface area contributed by atoms with Gasteiger partial charge in [0.25, 0.3) is 0 Å². The number of aliphatic hydroxyl groups excluding tert-OH is 1. The van der Waals surface area contributed by atoms with E-state index in [1.165, 1.54) is 0 Å². The Labute approximate surface area is 115 Å². The lowest BCUT2D eigenvalue weighted by Gasteiger charge is -2.14. The molecular weight excluding hydrogens is 256 g/mol. The Balaban J connectivity index is 2.29. The van der Waals surface area contributed by atoms with E-state index in [-0.39, 0.29) is 0 Å². The summed E-state index contributed by atoms with van der Waals surface area (Å²) in [6.45, 7) is 1.79. The first kappa shape index (κ1) is 13.7. The average molecular weight is 272 g/mol. The lowest BCUT2D eigenvalue weighted by Crippen LogP contribution is -2.07. The second-order valence-electron chi connectivity index (χ2n) is 4.09. The van der Waals surface area contributed by atoms with Crippen LogP contribution < -0.4 is 0 Å². The van der Waals surface area contributed by atoms with Crippen LogP contribution in [0.2, 0.25) is 0 Å². The van der Waals surface area contributed by atoms with Gasteiger partial charge in [-0.15, -0.1) is 0 Å². The summed E-state index contributed by atoms with van der Waals surface area (Å²) in [4.78, 5) is 1.21. The monoisotopic (exact) mass is 272 g/mol. The van der Waals surface area contributed by atoms with E-state index in [4.69, 9.17) is 0 Å². The van der Waals surface area contributed by atoms with Crippen LogP contribution in [0.4, 0.5) is 0 Å². The van der Waals surface area contributed by atoms with Crippen molar-refractivity contribution in [1.29, 1.82) is 0 Å². The fourth-order valence-electron chi connectivity index (χ4n) is 1.85. The van der Waals surface area contributed by atoms with Crippen LogP contribution >= 0.6 is 0 Å². The Kier molecular flexibility index (Phi) is 4.66. The van der Waals surface area contributed by atoms with E-state index >= 15 is 0 Å². The largest absolute Gasteiger partial charge is 0.383 e. The van der Waals surface area contributed by atoms with Crippen molar-refractivity contribution in [2.45, 2.75) is 17.9 Å². The van der Waals surface area contributed by atoms with Gasteiger partial charge in [-0.3, -0.25) is 0 Å². The smallest absolute Gasteiger partial charge is 0.112 e. The molecule has 0 aliphatic carbocycles. The van der Waals surface area contributed by atoms with Crippen molar-refractivity contribution in [2.24, 2.45) is 0 Å². The molecule has 3 heteroatoms. The molecule has 0 aliphatic rings. The third-order valence-electron chi connectivity index (χ3n) is 2.84. The normalized spacial score (nSPS) is 14.9. The molecule has 2 unspecified atom stereocenters. The number of aliphatic hydroxyl groups is 1. The van der Waals surface area contributed by atoms with Crippen LogP contribution in [-0.4, -0.2) is 9.32 Å². The van der Waals surface area contributed by atoms with Gasteiger partial charge in [-0.2, -0.15) is 0 Å². The van der Waals surface area contributed by atoms with E-state index in [0.717, 1.165) is 5.56 Å². The lowest BCUT2D eigenvalue weighted by molar-refractivity contribution is 0.224. The SMILES string of the molecule is C/C=C(\C(O)c1ccccc1)S(=O)c1ccccc1. The van der Waals surface area contributed by atoms with Crippen molar-refractivity contribution >= 4 is 10.8 Å². The Morgan fingerprint density at radius 3 is 2.11 bits per heavy atom. The first-order valence-electron chi connectivity index (χ1n) is 6.10. The van der Waals surface area contributed by atoms with Crippen molar-refractivity contribution in [1.82, 2.24) is 0 Å². The lowest BCUT2D eigenvalue weighted by atomic mass is 10.1. The molecule has 2 nitrogen and oxygen atoms in total. The van der Waals surface area contributed by atoms with Crippen LogP contribution in [0.5, 0.6) is 0 Å². The summed E-state index contributed by atoms with van der Waals surface area (Å²) >= 11 is 0. The van der Waals surface area contributed by atoms with Crippen LogP contribution in [0.1, 0.15) is 18.6 Å². The molecule has 1 N–H and O–H groups in total. The molecule has 0 heterocycles. The minimum absolute atomic E-state index is 0.511. The minimum atomic E-state index is -1.34. The molecule has 19 heavy (non-hydrogen) atoms. The maximum atomic E-state index is 12.5. The molecule has 0 radical (unpaired) electrons. The van der Waals surface area contributed by atoms with E-state index in [9.17, 15) is 9.32 Å². The third-order valence-corrected chi connectivity index (χ3v) is 4.43. The zero-order valence-electron chi connectivity index (χ0n) is 10.7. The zero-order valence-corrected chi connectivity index (χ0v) is 11.5. The molecule has 2 atom stereocenters. The molecular formula is C16H16O2S. The number of benzene rings is 2. The highest BCUT2D eigenvalue weighted by Gasteiger charge is 2.19. The van der Waals surface area contributed by atoms with Gasteiger partial charge in [0.1, 0.15) is 6.10 Å².